The van der Waals surface area contributed by atoms with Gasteiger partial charge in [-0.3, -0.25) is 0 Å². The SMILES string of the molecule is CCc1ccccc1OC1C(C)CC(C)CC1O. The first-order valence-corrected chi connectivity index (χ1v) is 7.04. The zero-order valence-corrected chi connectivity index (χ0v) is 11.6. The molecular weight excluding hydrogens is 224 g/mol. The molecule has 0 saturated heterocycles. The second-order valence-electron chi connectivity index (χ2n) is 5.66. The lowest BCUT2D eigenvalue weighted by Gasteiger charge is -2.37. The van der Waals surface area contributed by atoms with Crippen molar-refractivity contribution in [2.75, 3.05) is 0 Å². The fourth-order valence-electron chi connectivity index (χ4n) is 3.04. The van der Waals surface area contributed by atoms with E-state index in [1.54, 1.807) is 0 Å². The minimum Gasteiger partial charge on any atom is -0.487 e. The van der Waals surface area contributed by atoms with Crippen LogP contribution in [0.25, 0.3) is 0 Å². The first-order valence-electron chi connectivity index (χ1n) is 7.04. The van der Waals surface area contributed by atoms with Gasteiger partial charge in [-0.15, -0.1) is 0 Å². The Labute approximate surface area is 110 Å². The molecule has 1 aromatic rings. The lowest BCUT2D eigenvalue weighted by molar-refractivity contribution is -0.0392. The highest BCUT2D eigenvalue weighted by Gasteiger charge is 2.34. The van der Waals surface area contributed by atoms with E-state index in [9.17, 15) is 5.11 Å². The van der Waals surface area contributed by atoms with Gasteiger partial charge in [-0.1, -0.05) is 39.0 Å². The fourth-order valence-corrected chi connectivity index (χ4v) is 3.04. The van der Waals surface area contributed by atoms with Crippen molar-refractivity contribution < 1.29 is 9.84 Å². The van der Waals surface area contributed by atoms with E-state index in [2.05, 4.69) is 26.8 Å². The maximum Gasteiger partial charge on any atom is 0.127 e. The first-order chi connectivity index (χ1) is 8.61. The normalized spacial score (nSPS) is 32.2. The zero-order chi connectivity index (χ0) is 13.1. The predicted octanol–water partition coefficient (Wildman–Crippen LogP) is 3.42. The average molecular weight is 248 g/mol. The van der Waals surface area contributed by atoms with E-state index in [0.717, 1.165) is 25.0 Å². The molecule has 1 saturated carbocycles. The third-order valence-corrected chi connectivity index (χ3v) is 3.97. The smallest absolute Gasteiger partial charge is 0.127 e. The summed E-state index contributed by atoms with van der Waals surface area (Å²) in [4.78, 5) is 0. The van der Waals surface area contributed by atoms with E-state index in [4.69, 9.17) is 4.74 Å². The average Bonchev–Trinajstić information content (AvgIpc) is 2.34. The Hall–Kier alpha value is -1.02. The van der Waals surface area contributed by atoms with Crippen LogP contribution in [0.4, 0.5) is 0 Å². The van der Waals surface area contributed by atoms with Crippen molar-refractivity contribution in [2.45, 2.75) is 52.2 Å². The Bertz CT molecular complexity index is 376. The summed E-state index contributed by atoms with van der Waals surface area (Å²) >= 11 is 0. The standard InChI is InChI=1S/C16H24O2/c1-4-13-7-5-6-8-15(13)18-16-12(3)9-11(2)10-14(16)17/h5-8,11-12,14,16-17H,4,9-10H2,1-3H3. The van der Waals surface area contributed by atoms with Crippen molar-refractivity contribution in [3.63, 3.8) is 0 Å². The van der Waals surface area contributed by atoms with Crippen LogP contribution in [-0.2, 0) is 6.42 Å². The van der Waals surface area contributed by atoms with Crippen LogP contribution in [0.5, 0.6) is 5.75 Å². The van der Waals surface area contributed by atoms with Gasteiger partial charge in [0.1, 0.15) is 11.9 Å². The number of aliphatic hydroxyl groups is 1. The summed E-state index contributed by atoms with van der Waals surface area (Å²) in [5.74, 6) is 1.94. The molecule has 4 atom stereocenters. The van der Waals surface area contributed by atoms with E-state index in [1.165, 1.54) is 5.56 Å². The van der Waals surface area contributed by atoms with Gasteiger partial charge in [-0.25, -0.2) is 0 Å². The third-order valence-electron chi connectivity index (χ3n) is 3.97. The molecule has 2 nitrogen and oxygen atoms in total. The van der Waals surface area contributed by atoms with Crippen molar-refractivity contribution >= 4 is 0 Å². The van der Waals surface area contributed by atoms with E-state index in [1.807, 2.05) is 18.2 Å². The molecule has 2 rings (SSSR count). The summed E-state index contributed by atoms with van der Waals surface area (Å²) in [5, 5.41) is 10.2. The molecule has 1 aliphatic carbocycles. The van der Waals surface area contributed by atoms with E-state index in [0.29, 0.717) is 11.8 Å². The van der Waals surface area contributed by atoms with Gasteiger partial charge in [-0.2, -0.15) is 0 Å². The van der Waals surface area contributed by atoms with Gasteiger partial charge in [-0.05, 0) is 42.7 Å². The van der Waals surface area contributed by atoms with Gasteiger partial charge in [0, 0.05) is 0 Å². The van der Waals surface area contributed by atoms with Crippen molar-refractivity contribution in [3.05, 3.63) is 29.8 Å². The monoisotopic (exact) mass is 248 g/mol. The van der Waals surface area contributed by atoms with Crippen LogP contribution in [0.1, 0.15) is 39.2 Å². The Morgan fingerprint density at radius 2 is 1.94 bits per heavy atom. The summed E-state index contributed by atoms with van der Waals surface area (Å²) in [7, 11) is 0. The molecule has 0 radical (unpaired) electrons. The Morgan fingerprint density at radius 1 is 1.22 bits per heavy atom. The molecule has 0 spiro atoms. The van der Waals surface area contributed by atoms with Crippen LogP contribution < -0.4 is 4.74 Å². The summed E-state index contributed by atoms with van der Waals surface area (Å²) in [6.45, 7) is 6.51. The van der Waals surface area contributed by atoms with Crippen LogP contribution in [0.2, 0.25) is 0 Å². The molecule has 0 aliphatic heterocycles. The maximum absolute atomic E-state index is 10.2. The third kappa shape index (κ3) is 2.86. The number of ether oxygens (including phenoxy) is 1. The summed E-state index contributed by atoms with van der Waals surface area (Å²) in [6.07, 6.45) is 2.55. The minimum atomic E-state index is -0.339. The van der Waals surface area contributed by atoms with Gasteiger partial charge >= 0.3 is 0 Å². The summed E-state index contributed by atoms with van der Waals surface area (Å²) in [6, 6.07) is 8.14. The number of hydrogen-bond donors (Lipinski definition) is 1. The molecular formula is C16H24O2. The number of aliphatic hydroxyl groups excluding tert-OH is 1. The second kappa shape index (κ2) is 5.75. The van der Waals surface area contributed by atoms with Gasteiger partial charge in [0.05, 0.1) is 6.10 Å². The number of hydrogen-bond acceptors (Lipinski definition) is 2. The van der Waals surface area contributed by atoms with Crippen LogP contribution >= 0.6 is 0 Å². The molecule has 100 valence electrons. The summed E-state index contributed by atoms with van der Waals surface area (Å²) in [5.41, 5.74) is 1.22. The van der Waals surface area contributed by atoms with E-state index < -0.39 is 0 Å². The largest absolute Gasteiger partial charge is 0.487 e. The molecule has 1 N–H and O–H groups in total. The van der Waals surface area contributed by atoms with E-state index in [-0.39, 0.29) is 12.2 Å². The maximum atomic E-state index is 10.2. The van der Waals surface area contributed by atoms with Crippen LogP contribution in [0.15, 0.2) is 24.3 Å². The van der Waals surface area contributed by atoms with Crippen molar-refractivity contribution in [2.24, 2.45) is 11.8 Å². The van der Waals surface area contributed by atoms with Crippen molar-refractivity contribution in [1.29, 1.82) is 0 Å². The van der Waals surface area contributed by atoms with Crippen molar-refractivity contribution in [3.8, 4) is 5.75 Å². The molecule has 2 heteroatoms. The molecule has 4 unspecified atom stereocenters. The first kappa shape index (κ1) is 13.4. The number of benzene rings is 1. The van der Waals surface area contributed by atoms with Crippen LogP contribution in [0.3, 0.4) is 0 Å². The molecule has 1 aliphatic rings. The van der Waals surface area contributed by atoms with Crippen molar-refractivity contribution in [1.82, 2.24) is 0 Å². The molecule has 0 heterocycles. The zero-order valence-electron chi connectivity index (χ0n) is 11.6. The Morgan fingerprint density at radius 3 is 2.61 bits per heavy atom. The molecule has 0 aromatic heterocycles. The van der Waals surface area contributed by atoms with Gasteiger partial charge in [0.25, 0.3) is 0 Å². The fraction of sp³-hybridized carbons (Fsp3) is 0.625. The van der Waals surface area contributed by atoms with Crippen LogP contribution in [0, 0.1) is 11.8 Å². The second-order valence-corrected chi connectivity index (χ2v) is 5.66. The van der Waals surface area contributed by atoms with Crippen LogP contribution in [-0.4, -0.2) is 17.3 Å². The van der Waals surface area contributed by atoms with E-state index >= 15 is 0 Å². The number of rotatable bonds is 3. The highest BCUT2D eigenvalue weighted by molar-refractivity contribution is 5.33. The Kier molecular flexibility index (Phi) is 4.28. The topological polar surface area (TPSA) is 29.5 Å². The molecule has 0 bridgehead atoms. The minimum absolute atomic E-state index is 0.0612. The Balaban J connectivity index is 2.12. The lowest BCUT2D eigenvalue weighted by Crippen LogP contribution is -2.43. The number of para-hydroxylation sites is 1. The molecule has 18 heavy (non-hydrogen) atoms. The summed E-state index contributed by atoms with van der Waals surface area (Å²) < 4.78 is 6.10. The number of aryl methyl sites for hydroxylation is 1. The molecule has 1 fully saturated rings. The highest BCUT2D eigenvalue weighted by atomic mass is 16.5. The van der Waals surface area contributed by atoms with Gasteiger partial charge in [0.2, 0.25) is 0 Å². The van der Waals surface area contributed by atoms with Gasteiger partial charge < -0.3 is 9.84 Å². The highest BCUT2D eigenvalue weighted by Crippen LogP contribution is 2.33. The predicted molar refractivity (Wildman–Crippen MR) is 73.8 cm³/mol. The molecule has 0 amide bonds. The van der Waals surface area contributed by atoms with Gasteiger partial charge in [0.15, 0.2) is 0 Å². The quantitative estimate of drug-likeness (QED) is 0.888. The molecule has 1 aromatic carbocycles. The lowest BCUT2D eigenvalue weighted by atomic mass is 9.79.